The molecule has 1 aliphatic rings. The van der Waals surface area contributed by atoms with E-state index < -0.39 is 17.8 Å². The van der Waals surface area contributed by atoms with Gasteiger partial charge in [-0.2, -0.15) is 0 Å². The molecule has 1 heterocycles. The molecule has 0 saturated carbocycles. The highest BCUT2D eigenvalue weighted by Crippen LogP contribution is 2.20. The average Bonchev–Trinajstić information content (AvgIpc) is 2.60. The predicted octanol–water partition coefficient (Wildman–Crippen LogP) is 2.54. The van der Waals surface area contributed by atoms with Crippen LogP contribution in [0, 0.1) is 11.7 Å². The lowest BCUT2D eigenvalue weighted by molar-refractivity contribution is -0.135. The molecule has 1 aliphatic heterocycles. The standard InChI is InChI=1S/C13H14FNO2/c1-8(2)7-11-13(16)17-12(15-11)9-5-3-4-6-10(9)14/h3-6,8,11H,7H2,1-2H3. The van der Waals surface area contributed by atoms with Crippen LogP contribution in [0.1, 0.15) is 25.8 Å². The van der Waals surface area contributed by atoms with E-state index in [4.69, 9.17) is 4.74 Å². The Kier molecular flexibility index (Phi) is 3.22. The van der Waals surface area contributed by atoms with Crippen LogP contribution in [0.3, 0.4) is 0 Å². The lowest BCUT2D eigenvalue weighted by Crippen LogP contribution is -2.17. The summed E-state index contributed by atoms with van der Waals surface area (Å²) in [5, 5.41) is 0. The number of aliphatic imine (C=N–C) groups is 1. The number of ether oxygens (including phenoxy) is 1. The molecule has 90 valence electrons. The lowest BCUT2D eigenvalue weighted by atomic mass is 10.1. The average molecular weight is 235 g/mol. The molecule has 0 fully saturated rings. The first-order valence-electron chi connectivity index (χ1n) is 5.62. The highest BCUT2D eigenvalue weighted by atomic mass is 19.1. The molecule has 0 N–H and O–H groups in total. The van der Waals surface area contributed by atoms with Crippen LogP contribution in [0.2, 0.25) is 0 Å². The van der Waals surface area contributed by atoms with E-state index in [0.29, 0.717) is 12.3 Å². The first kappa shape index (κ1) is 11.8. The molecule has 1 aromatic carbocycles. The van der Waals surface area contributed by atoms with Crippen LogP contribution in [0.25, 0.3) is 0 Å². The van der Waals surface area contributed by atoms with Crippen molar-refractivity contribution in [2.24, 2.45) is 10.9 Å². The molecule has 0 aliphatic carbocycles. The van der Waals surface area contributed by atoms with Crippen LogP contribution in [-0.4, -0.2) is 17.9 Å². The minimum absolute atomic E-state index is 0.0961. The maximum atomic E-state index is 13.5. The number of rotatable bonds is 3. The van der Waals surface area contributed by atoms with E-state index in [1.807, 2.05) is 13.8 Å². The number of cyclic esters (lactones) is 1. The van der Waals surface area contributed by atoms with Crippen molar-refractivity contribution in [1.29, 1.82) is 0 Å². The van der Waals surface area contributed by atoms with E-state index >= 15 is 0 Å². The Morgan fingerprint density at radius 1 is 1.41 bits per heavy atom. The maximum Gasteiger partial charge on any atom is 0.337 e. The molecule has 3 nitrogen and oxygen atoms in total. The highest BCUT2D eigenvalue weighted by Gasteiger charge is 2.31. The molecule has 0 radical (unpaired) electrons. The molecule has 0 spiro atoms. The van der Waals surface area contributed by atoms with Gasteiger partial charge in [0.25, 0.3) is 0 Å². The van der Waals surface area contributed by atoms with Crippen molar-refractivity contribution in [1.82, 2.24) is 0 Å². The van der Waals surface area contributed by atoms with Gasteiger partial charge >= 0.3 is 5.97 Å². The Morgan fingerprint density at radius 2 is 2.12 bits per heavy atom. The van der Waals surface area contributed by atoms with Gasteiger partial charge in [0.15, 0.2) is 6.04 Å². The van der Waals surface area contributed by atoms with Gasteiger partial charge in [0.1, 0.15) is 5.82 Å². The quantitative estimate of drug-likeness (QED) is 0.755. The number of hydrogen-bond donors (Lipinski definition) is 0. The van der Waals surface area contributed by atoms with Gasteiger partial charge in [-0.15, -0.1) is 0 Å². The molecule has 1 atom stereocenters. The van der Waals surface area contributed by atoms with E-state index in [9.17, 15) is 9.18 Å². The molecule has 1 aromatic rings. The van der Waals surface area contributed by atoms with Gasteiger partial charge < -0.3 is 4.74 Å². The number of hydrogen-bond acceptors (Lipinski definition) is 3. The van der Waals surface area contributed by atoms with E-state index in [2.05, 4.69) is 4.99 Å². The Balaban J connectivity index is 2.24. The number of halogens is 1. The zero-order chi connectivity index (χ0) is 12.4. The first-order chi connectivity index (χ1) is 8.08. The first-order valence-corrected chi connectivity index (χ1v) is 5.62. The van der Waals surface area contributed by atoms with E-state index in [1.54, 1.807) is 18.2 Å². The molecule has 0 amide bonds. The Hall–Kier alpha value is -1.71. The summed E-state index contributed by atoms with van der Waals surface area (Å²) in [6.07, 6.45) is 0.622. The second kappa shape index (κ2) is 4.65. The number of esters is 1. The smallest absolute Gasteiger partial charge is 0.337 e. The van der Waals surface area contributed by atoms with Crippen LogP contribution in [0.4, 0.5) is 4.39 Å². The fraction of sp³-hybridized carbons (Fsp3) is 0.385. The number of nitrogens with zero attached hydrogens (tertiary/aromatic N) is 1. The third kappa shape index (κ3) is 2.52. The summed E-state index contributed by atoms with van der Waals surface area (Å²) in [5.74, 6) is -0.378. The molecule has 2 rings (SSSR count). The van der Waals surface area contributed by atoms with Gasteiger partial charge in [0.2, 0.25) is 5.90 Å². The largest absolute Gasteiger partial charge is 0.405 e. The predicted molar refractivity (Wildman–Crippen MR) is 62.3 cm³/mol. The van der Waals surface area contributed by atoms with Gasteiger partial charge in [-0.3, -0.25) is 0 Å². The van der Waals surface area contributed by atoms with Crippen LogP contribution >= 0.6 is 0 Å². The van der Waals surface area contributed by atoms with Crippen molar-refractivity contribution in [3.63, 3.8) is 0 Å². The van der Waals surface area contributed by atoms with E-state index in [1.165, 1.54) is 6.07 Å². The van der Waals surface area contributed by atoms with Crippen molar-refractivity contribution >= 4 is 11.9 Å². The van der Waals surface area contributed by atoms with Crippen LogP contribution in [-0.2, 0) is 9.53 Å². The van der Waals surface area contributed by atoms with Gasteiger partial charge in [-0.25, -0.2) is 14.2 Å². The van der Waals surface area contributed by atoms with Gasteiger partial charge in [-0.05, 0) is 24.5 Å². The molecule has 4 heteroatoms. The molecule has 0 bridgehead atoms. The minimum atomic E-state index is -0.496. The van der Waals surface area contributed by atoms with Gasteiger partial charge in [0.05, 0.1) is 5.56 Å². The summed E-state index contributed by atoms with van der Waals surface area (Å²) in [4.78, 5) is 15.7. The van der Waals surface area contributed by atoms with E-state index in [-0.39, 0.29) is 11.5 Å². The fourth-order valence-corrected chi connectivity index (χ4v) is 1.74. The monoisotopic (exact) mass is 235 g/mol. The van der Waals surface area contributed by atoms with Crippen molar-refractivity contribution in [2.75, 3.05) is 0 Å². The van der Waals surface area contributed by atoms with Crippen molar-refractivity contribution in [3.05, 3.63) is 35.6 Å². The van der Waals surface area contributed by atoms with Crippen LogP contribution in [0.15, 0.2) is 29.3 Å². The van der Waals surface area contributed by atoms with Crippen LogP contribution < -0.4 is 0 Å². The SMILES string of the molecule is CC(C)CC1N=C(c2ccccc2F)OC1=O. The minimum Gasteiger partial charge on any atom is -0.405 e. The van der Waals surface area contributed by atoms with Crippen LogP contribution in [0.5, 0.6) is 0 Å². The summed E-state index contributed by atoms with van der Waals surface area (Å²) >= 11 is 0. The topological polar surface area (TPSA) is 38.7 Å². The maximum absolute atomic E-state index is 13.5. The summed E-state index contributed by atoms with van der Waals surface area (Å²) in [7, 11) is 0. The molecular weight excluding hydrogens is 221 g/mol. The summed E-state index contributed by atoms with van der Waals surface area (Å²) < 4.78 is 18.5. The highest BCUT2D eigenvalue weighted by molar-refractivity contribution is 6.06. The normalized spacial score (nSPS) is 19.4. The van der Waals surface area contributed by atoms with Crippen molar-refractivity contribution < 1.29 is 13.9 Å². The summed E-state index contributed by atoms with van der Waals surface area (Å²) in [6, 6.07) is 5.65. The molecule has 17 heavy (non-hydrogen) atoms. The van der Waals surface area contributed by atoms with Crippen molar-refractivity contribution in [2.45, 2.75) is 26.3 Å². The molecule has 0 aromatic heterocycles. The van der Waals surface area contributed by atoms with Gasteiger partial charge in [0, 0.05) is 0 Å². The summed E-state index contributed by atoms with van der Waals surface area (Å²) in [5.41, 5.74) is 0.243. The fourth-order valence-electron chi connectivity index (χ4n) is 1.74. The number of carbonyl (C=O) groups excluding carboxylic acids is 1. The Labute approximate surface area is 99.3 Å². The number of carbonyl (C=O) groups is 1. The zero-order valence-electron chi connectivity index (χ0n) is 9.81. The third-order valence-electron chi connectivity index (χ3n) is 2.54. The Bertz CT molecular complexity index is 468. The second-order valence-electron chi connectivity index (χ2n) is 4.48. The number of benzene rings is 1. The van der Waals surface area contributed by atoms with Gasteiger partial charge in [-0.1, -0.05) is 26.0 Å². The van der Waals surface area contributed by atoms with Crippen molar-refractivity contribution in [3.8, 4) is 0 Å². The third-order valence-corrected chi connectivity index (χ3v) is 2.54. The molecule has 1 unspecified atom stereocenters. The summed E-state index contributed by atoms with van der Waals surface area (Å²) in [6.45, 7) is 4.01. The molecular formula is C13H14FNO2. The zero-order valence-corrected chi connectivity index (χ0v) is 9.81. The van der Waals surface area contributed by atoms with E-state index in [0.717, 1.165) is 0 Å². The second-order valence-corrected chi connectivity index (χ2v) is 4.48. The Morgan fingerprint density at radius 3 is 2.76 bits per heavy atom. The lowest BCUT2D eigenvalue weighted by Gasteiger charge is -2.05. The molecule has 0 saturated heterocycles.